The predicted octanol–water partition coefficient (Wildman–Crippen LogP) is 21.9. The van der Waals surface area contributed by atoms with Crippen LogP contribution < -0.4 is 0 Å². The summed E-state index contributed by atoms with van der Waals surface area (Å²) >= 11 is 0. The molecule has 0 spiro atoms. The summed E-state index contributed by atoms with van der Waals surface area (Å²) in [6.45, 7) is 9.57. The number of hydrogen-bond acceptors (Lipinski definition) is 15. The van der Waals surface area contributed by atoms with E-state index < -0.39 is 97.5 Å². The molecule has 0 radical (unpaired) electrons. The highest BCUT2D eigenvalue weighted by Gasteiger charge is 2.30. The summed E-state index contributed by atoms with van der Waals surface area (Å²) in [7, 11) is -9.91. The number of ether oxygens (including phenoxy) is 4. The van der Waals surface area contributed by atoms with Crippen molar-refractivity contribution >= 4 is 39.5 Å². The van der Waals surface area contributed by atoms with E-state index in [1.807, 2.05) is 0 Å². The number of phosphoric acid groups is 2. The van der Waals surface area contributed by atoms with Crippen molar-refractivity contribution in [2.24, 2.45) is 11.8 Å². The van der Waals surface area contributed by atoms with Crippen molar-refractivity contribution in [1.82, 2.24) is 0 Å². The molecule has 0 heterocycles. The van der Waals surface area contributed by atoms with Crippen LogP contribution in [0.3, 0.4) is 0 Å². The Balaban J connectivity index is 5.24. The molecular weight excluding hydrogens is 1230 g/mol. The minimum atomic E-state index is -4.96. The fourth-order valence-electron chi connectivity index (χ4n) is 11.5. The molecule has 0 amide bonds. The van der Waals surface area contributed by atoms with Gasteiger partial charge in [0, 0.05) is 25.7 Å². The van der Waals surface area contributed by atoms with Crippen molar-refractivity contribution in [2.75, 3.05) is 39.6 Å². The van der Waals surface area contributed by atoms with Gasteiger partial charge in [-0.3, -0.25) is 37.3 Å². The largest absolute Gasteiger partial charge is 0.472 e. The fraction of sp³-hybridized carbons (Fsp3) is 0.947. The molecule has 94 heavy (non-hydrogen) atoms. The highest BCUT2D eigenvalue weighted by Crippen LogP contribution is 2.45. The zero-order valence-corrected chi connectivity index (χ0v) is 63.1. The molecule has 0 aliphatic rings. The summed E-state index contributed by atoms with van der Waals surface area (Å²) in [5, 5.41) is 10.6. The number of carbonyl (C=O) groups is 4. The zero-order valence-electron chi connectivity index (χ0n) is 61.3. The Kier molecular flexibility index (Phi) is 65.5. The van der Waals surface area contributed by atoms with Crippen LogP contribution in [-0.2, 0) is 65.4 Å². The van der Waals surface area contributed by atoms with Gasteiger partial charge in [-0.1, -0.05) is 337 Å². The lowest BCUT2D eigenvalue weighted by molar-refractivity contribution is -0.161. The zero-order chi connectivity index (χ0) is 69.3. The van der Waals surface area contributed by atoms with E-state index in [2.05, 4.69) is 41.5 Å². The van der Waals surface area contributed by atoms with Crippen LogP contribution in [0.15, 0.2) is 0 Å². The molecule has 0 saturated carbocycles. The molecule has 0 rings (SSSR count). The van der Waals surface area contributed by atoms with Gasteiger partial charge in [-0.15, -0.1) is 0 Å². The molecule has 17 nitrogen and oxygen atoms in total. The number of aliphatic hydroxyl groups is 1. The van der Waals surface area contributed by atoms with E-state index in [1.165, 1.54) is 205 Å². The lowest BCUT2D eigenvalue weighted by atomic mass is 10.0. The Bertz CT molecular complexity index is 1820. The van der Waals surface area contributed by atoms with Crippen molar-refractivity contribution in [3.8, 4) is 0 Å². The van der Waals surface area contributed by atoms with Gasteiger partial charge in [-0.2, -0.15) is 0 Å². The number of rotatable bonds is 74. The summed E-state index contributed by atoms with van der Waals surface area (Å²) in [5.74, 6) is -0.603. The SMILES string of the molecule is CCCCCCCCCCCCCCCCCC(=O)OC[C@H](COP(=O)(O)OC[C@@H](O)COP(=O)(O)OC[C@@H](COC(=O)CCCCCCCCCCCCC)OC(=O)CCCCCCCCCCC(C)C)OC(=O)CCCCCCCCCCCCCCCCC(C)C. The molecular formula is C75H146O17P2. The van der Waals surface area contributed by atoms with Crippen molar-refractivity contribution in [3.05, 3.63) is 0 Å². The highest BCUT2D eigenvalue weighted by atomic mass is 31.2. The minimum Gasteiger partial charge on any atom is -0.462 e. The Morgan fingerprint density at radius 2 is 0.489 bits per heavy atom. The summed E-state index contributed by atoms with van der Waals surface area (Å²) in [6, 6.07) is 0. The molecule has 3 N–H and O–H groups in total. The van der Waals surface area contributed by atoms with Crippen LogP contribution in [0.1, 0.15) is 388 Å². The second kappa shape index (κ2) is 66.9. The van der Waals surface area contributed by atoms with Gasteiger partial charge in [0.05, 0.1) is 26.4 Å². The number of hydrogen-bond donors (Lipinski definition) is 3. The highest BCUT2D eigenvalue weighted by molar-refractivity contribution is 7.47. The summed E-state index contributed by atoms with van der Waals surface area (Å²) < 4.78 is 68.5. The molecule has 0 saturated heterocycles. The lowest BCUT2D eigenvalue weighted by Gasteiger charge is -2.21. The molecule has 0 aliphatic heterocycles. The van der Waals surface area contributed by atoms with E-state index in [0.29, 0.717) is 25.7 Å². The second-order valence-corrected chi connectivity index (χ2v) is 30.9. The van der Waals surface area contributed by atoms with E-state index in [-0.39, 0.29) is 25.7 Å². The maximum absolute atomic E-state index is 13.1. The quantitative estimate of drug-likeness (QED) is 0.0222. The Morgan fingerprint density at radius 3 is 0.723 bits per heavy atom. The molecule has 5 atom stereocenters. The van der Waals surface area contributed by atoms with Gasteiger partial charge in [-0.25, -0.2) is 9.13 Å². The topological polar surface area (TPSA) is 237 Å². The first-order chi connectivity index (χ1) is 45.4. The first-order valence-corrected chi connectivity index (χ1v) is 42.0. The average Bonchev–Trinajstić information content (AvgIpc) is 3.01. The normalized spacial score (nSPS) is 14.0. The standard InChI is InChI=1S/C75H146O17P2/c1-7-9-11-13-15-17-19-20-21-25-29-33-40-46-52-58-73(78)86-63-70(91-74(79)59-53-47-41-34-30-26-23-22-24-28-31-37-43-49-55-67(3)4)65-89-93(81,82)87-61-69(76)62-88-94(83,84)90-66-71(92-75(80)60-54-48-42-36-35-38-44-50-56-68(5)6)64-85-72(77)57-51-45-39-32-27-18-16-14-12-10-8-2/h67-71,76H,7-66H2,1-6H3,(H,81,82)(H,83,84)/t69-,70-,71-/m1/s1. The van der Waals surface area contributed by atoms with Crippen LogP contribution in [0.25, 0.3) is 0 Å². The fourth-order valence-corrected chi connectivity index (χ4v) is 13.1. The summed E-state index contributed by atoms with van der Waals surface area (Å²) in [4.78, 5) is 72.8. The molecule has 0 bridgehead atoms. The Hall–Kier alpha value is -1.94. The molecule has 2 unspecified atom stereocenters. The number of phosphoric ester groups is 2. The van der Waals surface area contributed by atoms with E-state index in [1.54, 1.807) is 0 Å². The van der Waals surface area contributed by atoms with Crippen molar-refractivity contribution < 1.29 is 80.2 Å². The molecule has 0 aromatic rings. The molecule has 0 aromatic carbocycles. The smallest absolute Gasteiger partial charge is 0.462 e. The number of unbranched alkanes of at least 4 members (excludes halogenated alkanes) is 44. The predicted molar refractivity (Wildman–Crippen MR) is 381 cm³/mol. The molecule has 0 fully saturated rings. The third-order valence-electron chi connectivity index (χ3n) is 17.5. The molecule has 19 heteroatoms. The Morgan fingerprint density at radius 1 is 0.287 bits per heavy atom. The maximum atomic E-state index is 13.1. The summed E-state index contributed by atoms with van der Waals surface area (Å²) in [6.07, 6.45) is 54.0. The third-order valence-corrected chi connectivity index (χ3v) is 19.4. The van der Waals surface area contributed by atoms with E-state index in [9.17, 15) is 43.2 Å². The van der Waals surface area contributed by atoms with Crippen LogP contribution in [0.2, 0.25) is 0 Å². The van der Waals surface area contributed by atoms with Gasteiger partial charge in [-0.05, 0) is 37.5 Å². The van der Waals surface area contributed by atoms with Gasteiger partial charge in [0.15, 0.2) is 12.2 Å². The minimum absolute atomic E-state index is 0.105. The first-order valence-electron chi connectivity index (χ1n) is 39.0. The number of aliphatic hydroxyl groups excluding tert-OH is 1. The third kappa shape index (κ3) is 68.6. The average molecular weight is 1380 g/mol. The molecule has 0 aliphatic carbocycles. The molecule has 0 aromatic heterocycles. The lowest BCUT2D eigenvalue weighted by Crippen LogP contribution is -2.30. The van der Waals surface area contributed by atoms with Gasteiger partial charge >= 0.3 is 39.5 Å². The second-order valence-electron chi connectivity index (χ2n) is 28.0. The summed E-state index contributed by atoms with van der Waals surface area (Å²) in [5.41, 5.74) is 0. The van der Waals surface area contributed by atoms with Crippen molar-refractivity contribution in [2.45, 2.75) is 407 Å². The number of carbonyl (C=O) groups excluding carboxylic acids is 4. The Labute approximate surface area is 575 Å². The van der Waals surface area contributed by atoms with Gasteiger partial charge in [0.2, 0.25) is 0 Å². The van der Waals surface area contributed by atoms with Gasteiger partial charge < -0.3 is 33.8 Å². The van der Waals surface area contributed by atoms with E-state index >= 15 is 0 Å². The van der Waals surface area contributed by atoms with Crippen LogP contribution in [0.5, 0.6) is 0 Å². The van der Waals surface area contributed by atoms with Crippen LogP contribution in [0, 0.1) is 11.8 Å². The van der Waals surface area contributed by atoms with Gasteiger partial charge in [0.1, 0.15) is 19.3 Å². The van der Waals surface area contributed by atoms with Crippen LogP contribution in [-0.4, -0.2) is 96.7 Å². The first kappa shape index (κ1) is 92.1. The van der Waals surface area contributed by atoms with Crippen molar-refractivity contribution in [1.29, 1.82) is 0 Å². The maximum Gasteiger partial charge on any atom is 0.472 e. The molecule has 558 valence electrons. The van der Waals surface area contributed by atoms with E-state index in [4.69, 9.17) is 37.0 Å². The van der Waals surface area contributed by atoms with E-state index in [0.717, 1.165) is 102 Å². The van der Waals surface area contributed by atoms with Gasteiger partial charge in [0.25, 0.3) is 0 Å². The van der Waals surface area contributed by atoms with Crippen LogP contribution >= 0.6 is 15.6 Å². The number of esters is 4. The monoisotopic (exact) mass is 1380 g/mol. The van der Waals surface area contributed by atoms with Crippen LogP contribution in [0.4, 0.5) is 0 Å². The van der Waals surface area contributed by atoms with Crippen molar-refractivity contribution in [3.63, 3.8) is 0 Å².